The quantitative estimate of drug-likeness (QED) is 0.169. The fourth-order valence-electron chi connectivity index (χ4n) is 5.43. The largest absolute Gasteiger partial charge is 0.416 e. The Bertz CT molecular complexity index is 1590. The van der Waals surface area contributed by atoms with Crippen molar-refractivity contribution in [3.05, 3.63) is 112 Å². The van der Waals surface area contributed by atoms with E-state index in [0.717, 1.165) is 28.9 Å². The van der Waals surface area contributed by atoms with Crippen LogP contribution in [0.4, 0.5) is 23.4 Å². The molecule has 5 nitrogen and oxygen atoms in total. The van der Waals surface area contributed by atoms with Gasteiger partial charge in [-0.1, -0.05) is 42.0 Å². The number of halogens is 4. The molecule has 0 N–H and O–H groups in total. The second-order valence-electron chi connectivity index (χ2n) is 9.99. The summed E-state index contributed by atoms with van der Waals surface area (Å²) < 4.78 is 55.6. The predicted octanol–water partition coefficient (Wildman–Crippen LogP) is 7.26. The van der Waals surface area contributed by atoms with Crippen molar-refractivity contribution in [1.29, 1.82) is 0 Å². The molecule has 0 saturated carbocycles. The summed E-state index contributed by atoms with van der Waals surface area (Å²) in [6.45, 7) is 5.88. The molecule has 42 heavy (non-hydrogen) atoms. The SMILES string of the molecule is CCN1C(=O)[C@@H](CC(=O)c2cccc(C(F)(F)F)c2)[C@@H](c2ccc(F)cc2)c2c(C)nn(-c3ccc(C)cc3)c21.S.S. The lowest BCUT2D eigenvalue weighted by molar-refractivity contribution is -0.137. The van der Waals surface area contributed by atoms with Crippen molar-refractivity contribution in [2.75, 3.05) is 11.4 Å². The van der Waals surface area contributed by atoms with Crippen LogP contribution < -0.4 is 4.90 Å². The van der Waals surface area contributed by atoms with Crippen LogP contribution in [0.25, 0.3) is 5.69 Å². The number of carbonyl (C=O) groups is 2. The molecule has 11 heteroatoms. The van der Waals surface area contributed by atoms with E-state index in [0.29, 0.717) is 17.1 Å². The minimum atomic E-state index is -4.61. The molecular weight excluding hydrogens is 586 g/mol. The van der Waals surface area contributed by atoms with Crippen LogP contribution in [-0.2, 0) is 11.0 Å². The molecule has 4 aromatic rings. The maximum atomic E-state index is 14.1. The fraction of sp³-hybridized carbons (Fsp3) is 0.258. The lowest BCUT2D eigenvalue weighted by atomic mass is 9.74. The van der Waals surface area contributed by atoms with Crippen LogP contribution in [0.3, 0.4) is 0 Å². The standard InChI is InChI=1S/C31H27F4N3O2.2H2S/c1-4-37-29-27(19(3)36-38(29)24-14-8-18(2)9-15-24)28(20-10-12-23(32)13-11-20)25(30(37)40)17-26(39)21-6-5-7-22(16-21)31(33,34)35;;/h5-16,25,28H,4,17H2,1-3H3;2*1H2/t25-,28+;;/m0../s1. The summed E-state index contributed by atoms with van der Waals surface area (Å²) in [6.07, 6.45) is -4.93. The molecule has 0 bridgehead atoms. The van der Waals surface area contributed by atoms with Gasteiger partial charge in [-0.2, -0.15) is 45.3 Å². The van der Waals surface area contributed by atoms with Crippen molar-refractivity contribution in [1.82, 2.24) is 9.78 Å². The number of aryl methyl sites for hydroxylation is 2. The molecule has 1 aliphatic heterocycles. The summed E-state index contributed by atoms with van der Waals surface area (Å²) in [7, 11) is 0. The Labute approximate surface area is 255 Å². The predicted molar refractivity (Wildman–Crippen MR) is 164 cm³/mol. The molecule has 1 amide bonds. The molecule has 0 fully saturated rings. The number of ketones is 1. The molecule has 0 radical (unpaired) electrons. The van der Waals surface area contributed by atoms with E-state index in [2.05, 4.69) is 0 Å². The highest BCUT2D eigenvalue weighted by atomic mass is 32.1. The van der Waals surface area contributed by atoms with Gasteiger partial charge in [-0.15, -0.1) is 0 Å². The molecule has 1 aliphatic rings. The Morgan fingerprint density at radius 2 is 1.60 bits per heavy atom. The zero-order valence-corrected chi connectivity index (χ0v) is 25.2. The highest BCUT2D eigenvalue weighted by Crippen LogP contribution is 2.47. The summed E-state index contributed by atoms with van der Waals surface area (Å²) >= 11 is 0. The molecule has 2 heterocycles. The first-order valence-electron chi connectivity index (χ1n) is 12.9. The van der Waals surface area contributed by atoms with Gasteiger partial charge >= 0.3 is 6.18 Å². The smallest absolute Gasteiger partial charge is 0.296 e. The highest BCUT2D eigenvalue weighted by molar-refractivity contribution is 7.59. The van der Waals surface area contributed by atoms with Crippen LogP contribution in [0, 0.1) is 25.6 Å². The Morgan fingerprint density at radius 1 is 0.952 bits per heavy atom. The van der Waals surface area contributed by atoms with Gasteiger partial charge in [0.2, 0.25) is 5.91 Å². The van der Waals surface area contributed by atoms with E-state index >= 15 is 0 Å². The summed E-state index contributed by atoms with van der Waals surface area (Å²) in [5.41, 5.74) is 2.71. The Morgan fingerprint density at radius 3 is 2.19 bits per heavy atom. The number of alkyl halides is 3. The second kappa shape index (κ2) is 12.7. The average Bonchev–Trinajstić information content (AvgIpc) is 3.26. The second-order valence-corrected chi connectivity index (χ2v) is 9.99. The maximum Gasteiger partial charge on any atom is 0.416 e. The van der Waals surface area contributed by atoms with Gasteiger partial charge in [0.05, 0.1) is 22.9 Å². The van der Waals surface area contributed by atoms with Crippen LogP contribution in [0.5, 0.6) is 0 Å². The summed E-state index contributed by atoms with van der Waals surface area (Å²) in [4.78, 5) is 29.1. The van der Waals surface area contributed by atoms with E-state index in [1.807, 2.05) is 45.0 Å². The molecule has 5 rings (SSSR count). The number of hydrogen-bond acceptors (Lipinski definition) is 3. The van der Waals surface area contributed by atoms with E-state index in [1.165, 1.54) is 24.3 Å². The Balaban J connectivity index is 0.00000242. The van der Waals surface area contributed by atoms with Gasteiger partial charge < -0.3 is 0 Å². The van der Waals surface area contributed by atoms with Gasteiger partial charge in [-0.05, 0) is 62.7 Å². The molecule has 0 unspecified atom stereocenters. The zero-order chi connectivity index (χ0) is 28.8. The molecule has 2 atom stereocenters. The van der Waals surface area contributed by atoms with Crippen molar-refractivity contribution < 1.29 is 27.2 Å². The Hall–Kier alpha value is -3.57. The minimum Gasteiger partial charge on any atom is -0.296 e. The average molecular weight is 618 g/mol. The van der Waals surface area contributed by atoms with Gasteiger partial charge in [0.15, 0.2) is 5.78 Å². The normalized spacial score (nSPS) is 16.4. The summed E-state index contributed by atoms with van der Waals surface area (Å²) in [5.74, 6) is -2.43. The van der Waals surface area contributed by atoms with Gasteiger partial charge in [0.25, 0.3) is 0 Å². The van der Waals surface area contributed by atoms with E-state index < -0.39 is 35.2 Å². The first-order chi connectivity index (χ1) is 19.0. The number of Topliss-reactive ketones (excluding diaryl/α,β-unsaturated/α-hetero) is 1. The molecule has 0 aliphatic carbocycles. The van der Waals surface area contributed by atoms with Crippen molar-refractivity contribution in [2.45, 2.75) is 39.3 Å². The molecular formula is C31H31F4N3O2S2. The number of carbonyl (C=O) groups excluding carboxylic acids is 2. The molecule has 3 aromatic carbocycles. The maximum absolute atomic E-state index is 14.1. The number of aromatic nitrogens is 2. The summed E-state index contributed by atoms with van der Waals surface area (Å²) in [5, 5.41) is 4.77. The monoisotopic (exact) mass is 617 g/mol. The van der Waals surface area contributed by atoms with Crippen LogP contribution >= 0.6 is 27.0 Å². The topological polar surface area (TPSA) is 55.2 Å². The van der Waals surface area contributed by atoms with Gasteiger partial charge in [0.1, 0.15) is 11.6 Å². The zero-order valence-electron chi connectivity index (χ0n) is 23.2. The number of rotatable bonds is 6. The number of nitrogens with zero attached hydrogens (tertiary/aromatic N) is 3. The number of benzene rings is 3. The summed E-state index contributed by atoms with van der Waals surface area (Å²) in [6, 6.07) is 17.6. The molecule has 0 saturated heterocycles. The van der Waals surface area contributed by atoms with Gasteiger partial charge in [-0.3, -0.25) is 14.5 Å². The lowest BCUT2D eigenvalue weighted by Gasteiger charge is -2.38. The number of anilines is 1. The van der Waals surface area contributed by atoms with E-state index in [9.17, 15) is 27.2 Å². The van der Waals surface area contributed by atoms with Crippen molar-refractivity contribution in [3.8, 4) is 5.69 Å². The van der Waals surface area contributed by atoms with Crippen molar-refractivity contribution in [3.63, 3.8) is 0 Å². The number of hydrogen-bond donors (Lipinski definition) is 0. The number of amides is 1. The van der Waals surface area contributed by atoms with Gasteiger partial charge in [-0.25, -0.2) is 9.07 Å². The van der Waals surface area contributed by atoms with E-state index in [-0.39, 0.29) is 51.4 Å². The van der Waals surface area contributed by atoms with E-state index in [1.54, 1.807) is 21.7 Å². The van der Waals surface area contributed by atoms with Crippen LogP contribution in [0.1, 0.15) is 57.6 Å². The number of fused-ring (bicyclic) bond motifs is 1. The van der Waals surface area contributed by atoms with Crippen LogP contribution in [-0.4, -0.2) is 28.0 Å². The fourth-order valence-corrected chi connectivity index (χ4v) is 5.43. The van der Waals surface area contributed by atoms with Crippen molar-refractivity contribution >= 4 is 44.5 Å². The first-order valence-corrected chi connectivity index (χ1v) is 12.9. The van der Waals surface area contributed by atoms with Gasteiger partial charge in [0, 0.05) is 30.0 Å². The van der Waals surface area contributed by atoms with Crippen LogP contribution in [0.2, 0.25) is 0 Å². The van der Waals surface area contributed by atoms with E-state index in [4.69, 9.17) is 5.10 Å². The minimum absolute atomic E-state index is 0. The Kier molecular flexibility index (Phi) is 10.00. The third-order valence-electron chi connectivity index (χ3n) is 7.37. The molecule has 222 valence electrons. The third kappa shape index (κ3) is 6.12. The lowest BCUT2D eigenvalue weighted by Crippen LogP contribution is -2.45. The van der Waals surface area contributed by atoms with Crippen molar-refractivity contribution in [2.24, 2.45) is 5.92 Å². The van der Waals surface area contributed by atoms with Crippen LogP contribution in [0.15, 0.2) is 72.8 Å². The molecule has 0 spiro atoms. The highest BCUT2D eigenvalue weighted by Gasteiger charge is 2.45. The third-order valence-corrected chi connectivity index (χ3v) is 7.37. The first kappa shape index (κ1) is 32.9. The molecule has 1 aromatic heterocycles.